The SMILES string of the molecule is CC(=O)Nc1ccc(OCCOC(=O)C2=C(C)NC(C)=C(C(=O)OC(C)C)C2c2ccccc2[N+](=O)[O-])cc1. The Balaban J connectivity index is 1.84. The first-order chi connectivity index (χ1) is 18.5. The van der Waals surface area contributed by atoms with Crippen LogP contribution in [0.1, 0.15) is 46.1 Å². The first-order valence-electron chi connectivity index (χ1n) is 12.3. The highest BCUT2D eigenvalue weighted by molar-refractivity contribution is 6.00. The minimum Gasteiger partial charge on any atom is -0.490 e. The Morgan fingerprint density at radius 2 is 1.59 bits per heavy atom. The maximum absolute atomic E-state index is 13.4. The number of allylic oxidation sites excluding steroid dienone is 2. The van der Waals surface area contributed by atoms with Gasteiger partial charge in [0.2, 0.25) is 5.91 Å². The first kappa shape index (κ1) is 28.9. The summed E-state index contributed by atoms with van der Waals surface area (Å²) in [6, 6.07) is 12.6. The van der Waals surface area contributed by atoms with Crippen molar-refractivity contribution in [2.45, 2.75) is 46.6 Å². The van der Waals surface area contributed by atoms with Gasteiger partial charge in [-0.2, -0.15) is 0 Å². The lowest BCUT2D eigenvalue weighted by Gasteiger charge is -2.30. The van der Waals surface area contributed by atoms with Crippen LogP contribution in [0.5, 0.6) is 5.75 Å². The fraction of sp³-hybridized carbons (Fsp3) is 0.321. The van der Waals surface area contributed by atoms with Gasteiger partial charge in [-0.05, 0) is 52.0 Å². The molecule has 0 bridgehead atoms. The number of nitro benzene ring substituents is 1. The molecule has 1 heterocycles. The molecule has 0 spiro atoms. The van der Waals surface area contributed by atoms with Gasteiger partial charge >= 0.3 is 11.9 Å². The van der Waals surface area contributed by atoms with E-state index >= 15 is 0 Å². The van der Waals surface area contributed by atoms with Crippen molar-refractivity contribution in [1.82, 2.24) is 5.32 Å². The summed E-state index contributed by atoms with van der Waals surface area (Å²) in [5.41, 5.74) is 1.51. The van der Waals surface area contributed by atoms with Crippen molar-refractivity contribution < 1.29 is 33.5 Å². The van der Waals surface area contributed by atoms with Gasteiger partial charge in [-0.25, -0.2) is 9.59 Å². The number of nitrogens with one attached hydrogen (secondary N) is 2. The van der Waals surface area contributed by atoms with E-state index in [1.165, 1.54) is 25.1 Å². The van der Waals surface area contributed by atoms with Gasteiger partial charge < -0.3 is 24.8 Å². The average Bonchev–Trinajstić information content (AvgIpc) is 2.86. The van der Waals surface area contributed by atoms with Crippen molar-refractivity contribution in [1.29, 1.82) is 0 Å². The quantitative estimate of drug-likeness (QED) is 0.195. The van der Waals surface area contributed by atoms with Crippen molar-refractivity contribution >= 4 is 29.2 Å². The zero-order valence-corrected chi connectivity index (χ0v) is 22.4. The second-order valence-electron chi connectivity index (χ2n) is 9.10. The van der Waals surface area contributed by atoms with Crippen LogP contribution in [0.25, 0.3) is 0 Å². The Kier molecular flexibility index (Phi) is 9.43. The number of esters is 2. The monoisotopic (exact) mass is 537 g/mol. The van der Waals surface area contributed by atoms with Crippen molar-refractivity contribution in [2.24, 2.45) is 0 Å². The Hall–Kier alpha value is -4.67. The van der Waals surface area contributed by atoms with Gasteiger partial charge in [0.05, 0.1) is 28.1 Å². The van der Waals surface area contributed by atoms with E-state index in [4.69, 9.17) is 14.2 Å². The number of amides is 1. The van der Waals surface area contributed by atoms with E-state index in [2.05, 4.69) is 10.6 Å². The summed E-state index contributed by atoms with van der Waals surface area (Å²) >= 11 is 0. The molecule has 2 N–H and O–H groups in total. The zero-order chi connectivity index (χ0) is 28.7. The van der Waals surface area contributed by atoms with Crippen LogP contribution in [0.2, 0.25) is 0 Å². The van der Waals surface area contributed by atoms with E-state index in [0.29, 0.717) is 22.8 Å². The largest absolute Gasteiger partial charge is 0.490 e. The number of ether oxygens (including phenoxy) is 3. The van der Waals surface area contributed by atoms with Gasteiger partial charge in [-0.3, -0.25) is 14.9 Å². The molecule has 0 aromatic heterocycles. The Bertz CT molecular complexity index is 1330. The minimum absolute atomic E-state index is 0.0260. The molecule has 206 valence electrons. The number of hydrogen-bond acceptors (Lipinski definition) is 9. The number of nitrogens with zero attached hydrogens (tertiary/aromatic N) is 1. The van der Waals surface area contributed by atoms with E-state index in [1.807, 2.05) is 0 Å². The van der Waals surface area contributed by atoms with Crippen LogP contribution in [-0.2, 0) is 23.9 Å². The number of rotatable bonds is 10. The molecule has 11 heteroatoms. The second-order valence-corrected chi connectivity index (χ2v) is 9.10. The van der Waals surface area contributed by atoms with Gasteiger partial charge in [0, 0.05) is 35.6 Å². The van der Waals surface area contributed by atoms with Crippen LogP contribution < -0.4 is 15.4 Å². The summed E-state index contributed by atoms with van der Waals surface area (Å²) in [6.07, 6.45) is -0.448. The van der Waals surface area contributed by atoms with Crippen molar-refractivity contribution in [3.05, 3.63) is 86.7 Å². The molecular weight excluding hydrogens is 506 g/mol. The lowest BCUT2D eigenvalue weighted by molar-refractivity contribution is -0.385. The van der Waals surface area contributed by atoms with Gasteiger partial charge in [0.15, 0.2) is 0 Å². The number of nitro groups is 1. The molecule has 0 fully saturated rings. The normalized spacial score (nSPS) is 15.0. The van der Waals surface area contributed by atoms with Crippen LogP contribution in [0.15, 0.2) is 71.1 Å². The highest BCUT2D eigenvalue weighted by atomic mass is 16.6. The lowest BCUT2D eigenvalue weighted by atomic mass is 9.79. The lowest BCUT2D eigenvalue weighted by Crippen LogP contribution is -2.33. The number of carbonyl (C=O) groups is 3. The summed E-state index contributed by atoms with van der Waals surface area (Å²) in [5.74, 6) is -2.22. The van der Waals surface area contributed by atoms with Crippen LogP contribution in [0.3, 0.4) is 0 Å². The zero-order valence-electron chi connectivity index (χ0n) is 22.4. The van der Waals surface area contributed by atoms with E-state index in [1.54, 1.807) is 58.0 Å². The molecule has 0 saturated carbocycles. The molecular formula is C28H31N3O8. The first-order valence-corrected chi connectivity index (χ1v) is 12.3. The summed E-state index contributed by atoms with van der Waals surface area (Å²) in [4.78, 5) is 49.0. The van der Waals surface area contributed by atoms with E-state index in [-0.39, 0.29) is 41.5 Å². The highest BCUT2D eigenvalue weighted by Crippen LogP contribution is 2.42. The number of hydrogen-bond donors (Lipinski definition) is 2. The molecule has 0 aliphatic carbocycles. The van der Waals surface area contributed by atoms with Crippen molar-refractivity contribution in [3.8, 4) is 5.75 Å². The molecule has 1 atom stereocenters. The van der Waals surface area contributed by atoms with Gasteiger partial charge in [0.25, 0.3) is 5.69 Å². The Morgan fingerprint density at radius 1 is 0.974 bits per heavy atom. The van der Waals surface area contributed by atoms with Crippen LogP contribution in [-0.4, -0.2) is 42.1 Å². The third-order valence-corrected chi connectivity index (χ3v) is 5.75. The number of carbonyl (C=O) groups excluding carboxylic acids is 3. The van der Waals surface area contributed by atoms with Gasteiger partial charge in [-0.15, -0.1) is 0 Å². The smallest absolute Gasteiger partial charge is 0.337 e. The number of para-hydroxylation sites is 1. The molecule has 3 rings (SSSR count). The number of dihydropyridines is 1. The molecule has 1 aliphatic rings. The molecule has 0 radical (unpaired) electrons. The average molecular weight is 538 g/mol. The van der Waals surface area contributed by atoms with E-state index in [0.717, 1.165) is 0 Å². The molecule has 1 unspecified atom stereocenters. The van der Waals surface area contributed by atoms with Gasteiger partial charge in [-0.1, -0.05) is 18.2 Å². The highest BCUT2D eigenvalue weighted by Gasteiger charge is 2.41. The topological polar surface area (TPSA) is 146 Å². The summed E-state index contributed by atoms with van der Waals surface area (Å²) in [5, 5.41) is 17.5. The minimum atomic E-state index is -1.09. The molecule has 1 aliphatic heterocycles. The predicted molar refractivity (Wildman–Crippen MR) is 143 cm³/mol. The molecule has 39 heavy (non-hydrogen) atoms. The molecule has 2 aromatic carbocycles. The summed E-state index contributed by atoms with van der Waals surface area (Å²) in [7, 11) is 0. The summed E-state index contributed by atoms with van der Waals surface area (Å²) in [6.45, 7) is 7.97. The Morgan fingerprint density at radius 3 is 2.18 bits per heavy atom. The molecule has 1 amide bonds. The summed E-state index contributed by atoms with van der Waals surface area (Å²) < 4.78 is 16.5. The molecule has 11 nitrogen and oxygen atoms in total. The second kappa shape index (κ2) is 12.7. The van der Waals surface area contributed by atoms with E-state index < -0.39 is 28.9 Å². The number of anilines is 1. The third kappa shape index (κ3) is 7.22. The molecule has 2 aromatic rings. The van der Waals surface area contributed by atoms with Crippen LogP contribution in [0.4, 0.5) is 11.4 Å². The van der Waals surface area contributed by atoms with Crippen LogP contribution in [0, 0.1) is 10.1 Å². The number of benzene rings is 2. The molecule has 0 saturated heterocycles. The fourth-order valence-electron chi connectivity index (χ4n) is 4.23. The fourth-order valence-corrected chi connectivity index (χ4v) is 4.23. The van der Waals surface area contributed by atoms with Gasteiger partial charge in [0.1, 0.15) is 19.0 Å². The third-order valence-electron chi connectivity index (χ3n) is 5.75. The maximum atomic E-state index is 13.4. The Labute approximate surface area is 226 Å². The standard InChI is InChI=1S/C28H31N3O8/c1-16(2)39-28(34)25-18(4)29-17(3)24(26(25)22-8-6-7-9-23(22)31(35)36)27(33)38-15-14-37-21-12-10-20(11-13-21)30-19(5)32/h6-13,16,26,29H,14-15H2,1-5H3,(H,30,32). The van der Waals surface area contributed by atoms with Crippen molar-refractivity contribution in [2.75, 3.05) is 18.5 Å². The maximum Gasteiger partial charge on any atom is 0.337 e. The van der Waals surface area contributed by atoms with Crippen molar-refractivity contribution in [3.63, 3.8) is 0 Å². The van der Waals surface area contributed by atoms with E-state index in [9.17, 15) is 24.5 Å². The predicted octanol–water partition coefficient (Wildman–Crippen LogP) is 4.36. The van der Waals surface area contributed by atoms with Crippen LogP contribution >= 0.6 is 0 Å².